The molecule has 0 saturated carbocycles. The van der Waals surface area contributed by atoms with Gasteiger partial charge in [0.2, 0.25) is 0 Å². The average Bonchev–Trinajstić information content (AvgIpc) is 2.83. The van der Waals surface area contributed by atoms with Crippen molar-refractivity contribution >= 4 is 27.3 Å². The maximum Gasteiger partial charge on any atom is 0.279 e. The highest BCUT2D eigenvalue weighted by atomic mass is 35.5. The molecule has 108 valence electrons. The topological polar surface area (TPSA) is 86.9 Å². The number of hydrogen-bond acceptors (Lipinski definition) is 4. The molecule has 1 aromatic heterocycles. The van der Waals surface area contributed by atoms with Gasteiger partial charge in [-0.25, -0.2) is 4.39 Å². The van der Waals surface area contributed by atoms with Gasteiger partial charge < -0.3 is 5.32 Å². The number of H-pyrrole nitrogens is 1. The van der Waals surface area contributed by atoms with Gasteiger partial charge in [0.05, 0.1) is 11.9 Å². The van der Waals surface area contributed by atoms with Crippen molar-refractivity contribution in [2.75, 3.05) is 11.8 Å². The normalized spacial score (nSPS) is 11.6. The molecule has 0 aliphatic carbocycles. The lowest BCUT2D eigenvalue weighted by Gasteiger charge is -2.09. The number of benzene rings is 1. The third-order valence-corrected chi connectivity index (χ3v) is 4.10. The Morgan fingerprint density at radius 1 is 1.45 bits per heavy atom. The van der Waals surface area contributed by atoms with Gasteiger partial charge in [-0.1, -0.05) is 11.6 Å². The van der Waals surface area contributed by atoms with E-state index in [-0.39, 0.29) is 15.7 Å². The fraction of sp³-hybridized carbons (Fsp3) is 0.182. The van der Waals surface area contributed by atoms with E-state index in [4.69, 9.17) is 11.6 Å². The van der Waals surface area contributed by atoms with E-state index in [0.717, 1.165) is 6.07 Å². The van der Waals surface area contributed by atoms with Crippen LogP contribution in [0, 0.1) is 5.82 Å². The first-order valence-corrected chi connectivity index (χ1v) is 7.45. The Kier molecular flexibility index (Phi) is 4.26. The zero-order chi connectivity index (χ0) is 14.8. The minimum Gasteiger partial charge on any atom is -0.316 e. The largest absolute Gasteiger partial charge is 0.316 e. The summed E-state index contributed by atoms with van der Waals surface area (Å²) in [6.45, 7) is 0.310. The highest BCUT2D eigenvalue weighted by Crippen LogP contribution is 2.23. The first kappa shape index (κ1) is 14.8. The quantitative estimate of drug-likeness (QED) is 0.783. The second kappa shape index (κ2) is 5.78. The van der Waals surface area contributed by atoms with Gasteiger partial charge in [-0.15, -0.1) is 0 Å². The molecule has 0 fully saturated rings. The van der Waals surface area contributed by atoms with Crippen molar-refractivity contribution < 1.29 is 12.8 Å². The number of rotatable bonds is 5. The summed E-state index contributed by atoms with van der Waals surface area (Å²) >= 11 is 5.72. The van der Waals surface area contributed by atoms with Gasteiger partial charge in [-0.2, -0.15) is 13.5 Å². The van der Waals surface area contributed by atoms with Crippen LogP contribution in [0.2, 0.25) is 5.02 Å². The Balaban J connectivity index is 2.36. The van der Waals surface area contributed by atoms with Crippen molar-refractivity contribution in [1.82, 2.24) is 15.5 Å². The Labute approximate surface area is 120 Å². The number of nitrogens with one attached hydrogen (secondary N) is 3. The van der Waals surface area contributed by atoms with E-state index < -0.39 is 15.8 Å². The molecule has 2 rings (SSSR count). The van der Waals surface area contributed by atoms with Gasteiger partial charge in [-0.05, 0) is 25.2 Å². The standard InChI is InChI=1S/C11H12ClFN4O2S/c1-14-5-7-6-15-16-11(7)20(18,19)17-10-4-8(12)2-3-9(10)13/h2-4,6,14,17H,5H2,1H3,(H,15,16). The minimum absolute atomic E-state index is 0.119. The van der Waals surface area contributed by atoms with E-state index in [9.17, 15) is 12.8 Å². The molecule has 0 atom stereocenters. The molecule has 0 bridgehead atoms. The van der Waals surface area contributed by atoms with Crippen LogP contribution in [0.3, 0.4) is 0 Å². The van der Waals surface area contributed by atoms with Crippen LogP contribution in [-0.2, 0) is 16.6 Å². The molecule has 2 aromatic rings. The van der Waals surface area contributed by atoms with Crippen LogP contribution in [0.25, 0.3) is 0 Å². The van der Waals surface area contributed by atoms with E-state index in [1.165, 1.54) is 18.3 Å². The van der Waals surface area contributed by atoms with E-state index in [2.05, 4.69) is 20.2 Å². The summed E-state index contributed by atoms with van der Waals surface area (Å²) < 4.78 is 40.1. The minimum atomic E-state index is -3.97. The highest BCUT2D eigenvalue weighted by molar-refractivity contribution is 7.92. The molecule has 1 aromatic carbocycles. The molecular formula is C11H12ClFN4O2S. The molecule has 3 N–H and O–H groups in total. The summed E-state index contributed by atoms with van der Waals surface area (Å²) in [5.41, 5.74) is 0.227. The summed E-state index contributed by atoms with van der Waals surface area (Å²) in [6.07, 6.45) is 1.39. The lowest BCUT2D eigenvalue weighted by Crippen LogP contribution is -2.17. The Bertz CT molecular complexity index is 717. The molecule has 1 heterocycles. The van der Waals surface area contributed by atoms with Gasteiger partial charge in [0, 0.05) is 17.1 Å². The molecule has 0 saturated heterocycles. The van der Waals surface area contributed by atoms with E-state index >= 15 is 0 Å². The van der Waals surface area contributed by atoms with Crippen molar-refractivity contribution in [2.24, 2.45) is 0 Å². The van der Waals surface area contributed by atoms with E-state index in [1.54, 1.807) is 7.05 Å². The van der Waals surface area contributed by atoms with Crippen molar-refractivity contribution in [3.05, 3.63) is 40.8 Å². The Hall–Kier alpha value is -1.64. The molecule has 0 unspecified atom stereocenters. The fourth-order valence-electron chi connectivity index (χ4n) is 1.62. The average molecular weight is 319 g/mol. The monoisotopic (exact) mass is 318 g/mol. The van der Waals surface area contributed by atoms with Crippen molar-refractivity contribution in [1.29, 1.82) is 0 Å². The number of anilines is 1. The number of hydrogen-bond donors (Lipinski definition) is 3. The Morgan fingerprint density at radius 2 is 2.20 bits per heavy atom. The Morgan fingerprint density at radius 3 is 2.90 bits per heavy atom. The number of sulfonamides is 1. The molecule has 0 amide bonds. The van der Waals surface area contributed by atoms with Gasteiger partial charge in [0.25, 0.3) is 10.0 Å². The molecule has 0 aliphatic heterocycles. The number of aromatic nitrogens is 2. The molecule has 0 radical (unpaired) electrons. The number of halogens is 2. The van der Waals surface area contributed by atoms with Crippen LogP contribution in [0.1, 0.15) is 5.56 Å². The zero-order valence-corrected chi connectivity index (χ0v) is 12.0. The smallest absolute Gasteiger partial charge is 0.279 e. The maximum atomic E-state index is 13.6. The van der Waals surface area contributed by atoms with Crippen LogP contribution < -0.4 is 10.0 Å². The van der Waals surface area contributed by atoms with Gasteiger partial charge >= 0.3 is 0 Å². The maximum absolute atomic E-state index is 13.6. The summed E-state index contributed by atoms with van der Waals surface area (Å²) in [4.78, 5) is 0. The van der Waals surface area contributed by atoms with Gasteiger partial charge in [-0.3, -0.25) is 9.82 Å². The predicted octanol–water partition coefficient (Wildman–Crippen LogP) is 1.72. The second-order valence-electron chi connectivity index (χ2n) is 3.98. The molecule has 0 spiro atoms. The summed E-state index contributed by atoms with van der Waals surface area (Å²) in [7, 11) is -2.29. The SMILES string of the molecule is CNCc1cn[nH]c1S(=O)(=O)Nc1cc(Cl)ccc1F. The highest BCUT2D eigenvalue weighted by Gasteiger charge is 2.22. The van der Waals surface area contributed by atoms with Crippen molar-refractivity contribution in [2.45, 2.75) is 11.6 Å². The fourth-order valence-corrected chi connectivity index (χ4v) is 2.98. The predicted molar refractivity (Wildman–Crippen MR) is 73.6 cm³/mol. The molecule has 20 heavy (non-hydrogen) atoms. The van der Waals surface area contributed by atoms with Crippen LogP contribution in [-0.4, -0.2) is 25.7 Å². The molecule has 6 nitrogen and oxygen atoms in total. The summed E-state index contributed by atoms with van der Waals surface area (Å²) in [6, 6.07) is 3.61. The summed E-state index contributed by atoms with van der Waals surface area (Å²) in [5.74, 6) is -0.715. The van der Waals surface area contributed by atoms with Gasteiger partial charge in [0.15, 0.2) is 5.03 Å². The third-order valence-electron chi connectivity index (χ3n) is 2.49. The first-order valence-electron chi connectivity index (χ1n) is 5.59. The second-order valence-corrected chi connectivity index (χ2v) is 6.04. The van der Waals surface area contributed by atoms with Crippen LogP contribution >= 0.6 is 11.6 Å². The molecule has 9 heteroatoms. The van der Waals surface area contributed by atoms with Crippen molar-refractivity contribution in [3.63, 3.8) is 0 Å². The lowest BCUT2D eigenvalue weighted by atomic mass is 10.3. The summed E-state index contributed by atoms with van der Waals surface area (Å²) in [5, 5.41) is 9.00. The molecular weight excluding hydrogens is 307 g/mol. The lowest BCUT2D eigenvalue weighted by molar-refractivity contribution is 0.592. The van der Waals surface area contributed by atoms with E-state index in [1.807, 2.05) is 0 Å². The third kappa shape index (κ3) is 3.09. The zero-order valence-electron chi connectivity index (χ0n) is 10.4. The van der Waals surface area contributed by atoms with Crippen LogP contribution in [0.5, 0.6) is 0 Å². The number of nitrogens with zero attached hydrogens (tertiary/aromatic N) is 1. The van der Waals surface area contributed by atoms with E-state index in [0.29, 0.717) is 12.1 Å². The number of aromatic amines is 1. The van der Waals surface area contributed by atoms with Crippen LogP contribution in [0.15, 0.2) is 29.4 Å². The first-order chi connectivity index (χ1) is 9.44. The van der Waals surface area contributed by atoms with Gasteiger partial charge in [0.1, 0.15) is 5.82 Å². The van der Waals surface area contributed by atoms with Crippen molar-refractivity contribution in [3.8, 4) is 0 Å². The van der Waals surface area contributed by atoms with Crippen LogP contribution in [0.4, 0.5) is 10.1 Å². The molecule has 0 aliphatic rings.